The highest BCUT2D eigenvalue weighted by molar-refractivity contribution is 6.12. The number of pyridine rings is 1. The minimum Gasteiger partial charge on any atom is -0.351 e. The van der Waals surface area contributed by atoms with Crippen LogP contribution >= 0.6 is 0 Å². The number of nitrogens with one attached hydrogen (secondary N) is 1. The minimum absolute atomic E-state index is 0.149. The van der Waals surface area contributed by atoms with E-state index in [1.165, 1.54) is 55.8 Å². The average molecular weight is 676 g/mol. The first kappa shape index (κ1) is 32.4. The third-order valence-electron chi connectivity index (χ3n) is 11.8. The first-order valence-corrected chi connectivity index (χ1v) is 19.0. The van der Waals surface area contributed by atoms with Crippen molar-refractivity contribution in [2.24, 2.45) is 22.7 Å². The second-order valence-electron chi connectivity index (χ2n) is 15.4. The van der Waals surface area contributed by atoms with E-state index in [2.05, 4.69) is 147 Å². The Morgan fingerprint density at radius 1 is 0.769 bits per heavy atom. The summed E-state index contributed by atoms with van der Waals surface area (Å²) < 4.78 is 0. The molecule has 2 heterocycles. The molecule has 0 spiro atoms. The van der Waals surface area contributed by atoms with Gasteiger partial charge in [0.1, 0.15) is 0 Å². The molecule has 52 heavy (non-hydrogen) atoms. The lowest BCUT2D eigenvalue weighted by atomic mass is 9.67. The zero-order valence-corrected chi connectivity index (χ0v) is 30.5. The Hall–Kier alpha value is -5.50. The van der Waals surface area contributed by atoms with Crippen LogP contribution in [-0.2, 0) is 6.42 Å². The lowest BCUT2D eigenvalue weighted by molar-refractivity contribution is 0.516. The normalized spacial score (nSPS) is 24.3. The van der Waals surface area contributed by atoms with Crippen LogP contribution in [0, 0.1) is 17.8 Å². The van der Waals surface area contributed by atoms with Gasteiger partial charge in [-0.05, 0) is 106 Å². The molecule has 1 aliphatic heterocycles. The van der Waals surface area contributed by atoms with E-state index in [1.807, 2.05) is 24.5 Å². The van der Waals surface area contributed by atoms with E-state index in [4.69, 9.17) is 4.99 Å². The molecule has 3 nitrogen and oxygen atoms in total. The summed E-state index contributed by atoms with van der Waals surface area (Å²) in [6.07, 6.45) is 23.5. The van der Waals surface area contributed by atoms with E-state index in [0.29, 0.717) is 17.8 Å². The predicted molar refractivity (Wildman–Crippen MR) is 218 cm³/mol. The van der Waals surface area contributed by atoms with E-state index < -0.39 is 0 Å². The second-order valence-corrected chi connectivity index (χ2v) is 15.4. The van der Waals surface area contributed by atoms with Crippen LogP contribution in [0.25, 0.3) is 34.7 Å². The topological polar surface area (TPSA) is 37.3 Å². The van der Waals surface area contributed by atoms with Crippen LogP contribution in [0.5, 0.6) is 0 Å². The Morgan fingerprint density at radius 2 is 1.56 bits per heavy atom. The van der Waals surface area contributed by atoms with E-state index in [9.17, 15) is 0 Å². The summed E-state index contributed by atoms with van der Waals surface area (Å²) in [5.74, 6) is 1.87. The Labute approximate surface area is 308 Å². The second kappa shape index (κ2) is 13.2. The maximum Gasteiger partial charge on any atom is 0.0904 e. The van der Waals surface area contributed by atoms with Crippen molar-refractivity contribution in [3.63, 3.8) is 0 Å². The maximum absolute atomic E-state index is 5.28. The van der Waals surface area contributed by atoms with Gasteiger partial charge in [0, 0.05) is 34.5 Å². The summed E-state index contributed by atoms with van der Waals surface area (Å²) in [7, 11) is 0. The largest absolute Gasteiger partial charge is 0.351 e. The van der Waals surface area contributed by atoms with Crippen molar-refractivity contribution in [1.29, 1.82) is 0 Å². The van der Waals surface area contributed by atoms with Gasteiger partial charge in [-0.2, -0.15) is 0 Å². The molecule has 1 N–H and O–H groups in total. The van der Waals surface area contributed by atoms with Crippen molar-refractivity contribution < 1.29 is 0 Å². The van der Waals surface area contributed by atoms with Crippen molar-refractivity contribution in [2.75, 3.05) is 0 Å². The third-order valence-corrected chi connectivity index (χ3v) is 11.8. The summed E-state index contributed by atoms with van der Waals surface area (Å²) in [4.78, 5) is 9.86. The molecule has 3 heteroatoms. The fourth-order valence-corrected chi connectivity index (χ4v) is 9.17. The molecule has 5 aliphatic rings. The van der Waals surface area contributed by atoms with Crippen LogP contribution in [0.15, 0.2) is 138 Å². The van der Waals surface area contributed by atoms with Crippen LogP contribution in [-0.4, -0.2) is 10.7 Å². The van der Waals surface area contributed by atoms with Crippen LogP contribution < -0.4 is 5.32 Å². The molecule has 0 amide bonds. The average Bonchev–Trinajstić information content (AvgIpc) is 3.16. The molecule has 4 aromatic rings. The third kappa shape index (κ3) is 5.70. The molecule has 256 valence electrons. The van der Waals surface area contributed by atoms with Crippen LogP contribution in [0.3, 0.4) is 0 Å². The lowest BCUT2D eigenvalue weighted by Crippen LogP contribution is -2.31. The lowest BCUT2D eigenvalue weighted by Gasteiger charge is -2.39. The Balaban J connectivity index is 1.24. The molecule has 3 aromatic carbocycles. The Bertz CT molecular complexity index is 2340. The fraction of sp³-hybridized carbons (Fsp3) is 0.245. The highest BCUT2D eigenvalue weighted by Gasteiger charge is 2.37. The summed E-state index contributed by atoms with van der Waals surface area (Å²) in [5, 5.41) is 4.02. The van der Waals surface area contributed by atoms with Crippen LogP contribution in [0.1, 0.15) is 96.9 Å². The molecule has 5 atom stereocenters. The quantitative estimate of drug-likeness (QED) is 0.219. The number of hydrogen-bond donors (Lipinski definition) is 1. The molecule has 9 rings (SSSR count). The fourth-order valence-electron chi connectivity index (χ4n) is 9.17. The van der Waals surface area contributed by atoms with Gasteiger partial charge in [-0.15, -0.1) is 0 Å². The van der Waals surface area contributed by atoms with E-state index in [1.54, 1.807) is 0 Å². The number of fused-ring (bicyclic) bond motifs is 5. The Morgan fingerprint density at radius 3 is 2.40 bits per heavy atom. The summed E-state index contributed by atoms with van der Waals surface area (Å²) in [5.41, 5.74) is 22.3. The summed E-state index contributed by atoms with van der Waals surface area (Å²) in [6.45, 7) is 9.45. The molecule has 0 saturated heterocycles. The number of aliphatic imine (C=N–C) groups is 1. The number of nitrogens with zero attached hydrogens (tertiary/aromatic N) is 2. The molecular weight excluding hydrogens is 631 g/mol. The zero-order chi connectivity index (χ0) is 35.3. The van der Waals surface area contributed by atoms with Crippen molar-refractivity contribution in [3.05, 3.63) is 177 Å². The number of hydrogen-bond acceptors (Lipinski definition) is 3. The standard InChI is InChI=1S/C49H45N3/c1-30-15-21-38-36(26-30)28-42(41-13-9-10-32(3)48(38)41)46-29-47(49-33(4)37-11-5-6-12-39(37)40-22-16-31(2)27-43(40)49)52-45(23-25-51-46)35-19-17-34(18-20-35)44-14-7-8-24-50-44/h5-9,11-22,24-25,28-33,49,52H,10,26-27H2,1-4H3. The van der Waals surface area contributed by atoms with Crippen molar-refractivity contribution >= 4 is 29.1 Å². The van der Waals surface area contributed by atoms with Crippen molar-refractivity contribution in [3.8, 4) is 11.3 Å². The van der Waals surface area contributed by atoms with Crippen LogP contribution in [0.4, 0.5) is 0 Å². The monoisotopic (exact) mass is 675 g/mol. The van der Waals surface area contributed by atoms with Crippen molar-refractivity contribution in [2.45, 2.75) is 58.8 Å². The molecule has 0 radical (unpaired) electrons. The number of allylic oxidation sites excluding steroid dienone is 7. The predicted octanol–water partition coefficient (Wildman–Crippen LogP) is 11.7. The SMILES string of the molecule is CC1C=CC2=C(C1)C(C1=CC(c3cc4c(c5c3C=CCC5C)C=CC(C)C4)=NC=C=C(c3ccc(-c4ccccn4)cc3)N1)C(C)c1ccccc12. The molecule has 0 fully saturated rings. The van der Waals surface area contributed by atoms with Crippen LogP contribution in [0.2, 0.25) is 0 Å². The molecule has 1 aromatic heterocycles. The van der Waals surface area contributed by atoms with Gasteiger partial charge >= 0.3 is 0 Å². The number of aromatic nitrogens is 1. The molecular formula is C49H45N3. The molecule has 0 bridgehead atoms. The van der Waals surface area contributed by atoms with Gasteiger partial charge in [0.25, 0.3) is 0 Å². The summed E-state index contributed by atoms with van der Waals surface area (Å²) in [6, 6.07) is 26.2. The molecule has 5 unspecified atom stereocenters. The van der Waals surface area contributed by atoms with Gasteiger partial charge in [-0.1, -0.05) is 130 Å². The smallest absolute Gasteiger partial charge is 0.0904 e. The van der Waals surface area contributed by atoms with Gasteiger partial charge in [0.15, 0.2) is 0 Å². The minimum atomic E-state index is 0.149. The highest BCUT2D eigenvalue weighted by atomic mass is 14.9. The highest BCUT2D eigenvalue weighted by Crippen LogP contribution is 2.50. The zero-order valence-electron chi connectivity index (χ0n) is 30.5. The molecule has 0 saturated carbocycles. The maximum atomic E-state index is 5.28. The van der Waals surface area contributed by atoms with Gasteiger partial charge in [-0.3, -0.25) is 4.98 Å². The van der Waals surface area contributed by atoms with E-state index >= 15 is 0 Å². The molecule has 4 aliphatic carbocycles. The van der Waals surface area contributed by atoms with Crippen molar-refractivity contribution in [1.82, 2.24) is 10.3 Å². The Kier molecular flexibility index (Phi) is 8.25. The van der Waals surface area contributed by atoms with E-state index in [-0.39, 0.29) is 11.8 Å². The number of rotatable bonds is 4. The first-order valence-electron chi connectivity index (χ1n) is 19.0. The van der Waals surface area contributed by atoms with Gasteiger partial charge < -0.3 is 5.32 Å². The summed E-state index contributed by atoms with van der Waals surface area (Å²) >= 11 is 0. The van der Waals surface area contributed by atoms with Gasteiger partial charge in [0.05, 0.1) is 23.3 Å². The number of benzene rings is 3. The van der Waals surface area contributed by atoms with Gasteiger partial charge in [0.2, 0.25) is 0 Å². The van der Waals surface area contributed by atoms with Gasteiger partial charge in [-0.25, -0.2) is 4.99 Å². The first-order chi connectivity index (χ1) is 25.4. The van der Waals surface area contributed by atoms with E-state index in [0.717, 1.165) is 47.5 Å².